The highest BCUT2D eigenvalue weighted by atomic mass is 19.1. The predicted molar refractivity (Wildman–Crippen MR) is 91.3 cm³/mol. The van der Waals surface area contributed by atoms with Crippen molar-refractivity contribution in [3.05, 3.63) is 65.5 Å². The molecule has 4 nitrogen and oxygen atoms in total. The van der Waals surface area contributed by atoms with Crippen molar-refractivity contribution in [2.45, 2.75) is 12.8 Å². The molecule has 0 aromatic heterocycles. The van der Waals surface area contributed by atoms with Crippen LogP contribution in [0.1, 0.15) is 11.1 Å². The van der Waals surface area contributed by atoms with Gasteiger partial charge in [-0.25, -0.2) is 4.39 Å². The Balaban J connectivity index is 1.70. The molecule has 2 rings (SSSR count). The minimum atomic E-state index is -0.219. The summed E-state index contributed by atoms with van der Waals surface area (Å²) in [4.78, 5) is 4.29. The van der Waals surface area contributed by atoms with Crippen LogP contribution in [0.5, 0.6) is 5.75 Å². The molecule has 0 aliphatic carbocycles. The zero-order chi connectivity index (χ0) is 16.5. The minimum absolute atomic E-state index is 0.219. The molecule has 0 unspecified atom stereocenters. The number of guanidine groups is 1. The number of nitrogens with zero attached hydrogens (tertiary/aromatic N) is 1. The van der Waals surface area contributed by atoms with E-state index in [-0.39, 0.29) is 5.82 Å². The van der Waals surface area contributed by atoms with Crippen molar-refractivity contribution < 1.29 is 9.13 Å². The van der Waals surface area contributed by atoms with Gasteiger partial charge in [-0.2, -0.15) is 0 Å². The number of ether oxygens (including phenoxy) is 1. The monoisotopic (exact) mass is 315 g/mol. The van der Waals surface area contributed by atoms with Crippen molar-refractivity contribution in [1.29, 1.82) is 0 Å². The predicted octanol–water partition coefficient (Wildman–Crippen LogP) is 2.52. The molecule has 0 atom stereocenters. The molecule has 0 bridgehead atoms. The summed E-state index contributed by atoms with van der Waals surface area (Å²) in [5.41, 5.74) is 7.94. The van der Waals surface area contributed by atoms with E-state index in [1.54, 1.807) is 13.2 Å². The van der Waals surface area contributed by atoms with E-state index in [2.05, 4.69) is 10.3 Å². The summed E-state index contributed by atoms with van der Waals surface area (Å²) in [5, 5.41) is 3.04. The van der Waals surface area contributed by atoms with E-state index in [1.807, 2.05) is 30.3 Å². The van der Waals surface area contributed by atoms with Gasteiger partial charge in [0.1, 0.15) is 11.6 Å². The number of nitrogens with two attached hydrogens (primary N) is 1. The van der Waals surface area contributed by atoms with E-state index in [0.717, 1.165) is 17.7 Å². The van der Waals surface area contributed by atoms with Gasteiger partial charge in [-0.3, -0.25) is 4.99 Å². The molecule has 2 aromatic rings. The summed E-state index contributed by atoms with van der Waals surface area (Å²) in [6, 6.07) is 14.5. The summed E-state index contributed by atoms with van der Waals surface area (Å²) in [5.74, 6) is 1.04. The first-order valence-corrected chi connectivity index (χ1v) is 7.58. The Kier molecular flexibility index (Phi) is 6.41. The maximum Gasteiger partial charge on any atom is 0.188 e. The van der Waals surface area contributed by atoms with Crippen LogP contribution in [0.3, 0.4) is 0 Å². The number of aliphatic imine (C=N–C) groups is 1. The maximum atomic E-state index is 13.1. The van der Waals surface area contributed by atoms with Gasteiger partial charge in [-0.15, -0.1) is 0 Å². The van der Waals surface area contributed by atoms with Crippen LogP contribution in [0.25, 0.3) is 0 Å². The van der Waals surface area contributed by atoms with Gasteiger partial charge in [0.05, 0.1) is 7.11 Å². The molecular formula is C18H22FN3O. The first-order chi connectivity index (χ1) is 11.2. The number of hydrogen-bond acceptors (Lipinski definition) is 2. The molecule has 0 fully saturated rings. The van der Waals surface area contributed by atoms with E-state index >= 15 is 0 Å². The molecule has 0 saturated carbocycles. The lowest BCUT2D eigenvalue weighted by atomic mass is 10.1. The van der Waals surface area contributed by atoms with Gasteiger partial charge in [0.25, 0.3) is 0 Å². The molecule has 2 aromatic carbocycles. The van der Waals surface area contributed by atoms with Crippen molar-refractivity contribution in [1.82, 2.24) is 5.32 Å². The molecule has 0 heterocycles. The number of benzene rings is 2. The Morgan fingerprint density at radius 2 is 1.91 bits per heavy atom. The highest BCUT2D eigenvalue weighted by Crippen LogP contribution is 2.11. The zero-order valence-electron chi connectivity index (χ0n) is 13.3. The number of nitrogens with one attached hydrogen (secondary N) is 1. The second-order valence-electron chi connectivity index (χ2n) is 5.17. The molecular weight excluding hydrogens is 293 g/mol. The molecule has 0 saturated heterocycles. The number of halogens is 1. The van der Waals surface area contributed by atoms with E-state index in [0.29, 0.717) is 25.5 Å². The topological polar surface area (TPSA) is 59.6 Å². The highest BCUT2D eigenvalue weighted by Gasteiger charge is 1.97. The first kappa shape index (κ1) is 16.8. The number of hydrogen-bond donors (Lipinski definition) is 2. The average Bonchev–Trinajstić information content (AvgIpc) is 2.55. The van der Waals surface area contributed by atoms with Crippen LogP contribution in [0.2, 0.25) is 0 Å². The number of methoxy groups -OCH3 is 1. The SMILES string of the molecule is COc1ccc(CCN=C(N)NCCc2cccc(F)c2)cc1. The zero-order valence-corrected chi connectivity index (χ0v) is 13.3. The molecule has 5 heteroatoms. The van der Waals surface area contributed by atoms with Crippen LogP contribution in [-0.2, 0) is 12.8 Å². The third-order valence-corrected chi connectivity index (χ3v) is 3.45. The lowest BCUT2D eigenvalue weighted by Crippen LogP contribution is -2.33. The van der Waals surface area contributed by atoms with Crippen LogP contribution in [0.15, 0.2) is 53.5 Å². The lowest BCUT2D eigenvalue weighted by molar-refractivity contribution is 0.414. The van der Waals surface area contributed by atoms with Gasteiger partial charge in [0.2, 0.25) is 0 Å². The molecule has 0 radical (unpaired) electrons. The molecule has 0 spiro atoms. The molecule has 0 aliphatic rings. The van der Waals surface area contributed by atoms with Crippen molar-refractivity contribution >= 4 is 5.96 Å². The van der Waals surface area contributed by atoms with Crippen molar-refractivity contribution in [2.24, 2.45) is 10.7 Å². The third kappa shape index (κ3) is 5.98. The third-order valence-electron chi connectivity index (χ3n) is 3.45. The molecule has 3 N–H and O–H groups in total. The summed E-state index contributed by atoms with van der Waals surface area (Å²) in [6.45, 7) is 1.24. The smallest absolute Gasteiger partial charge is 0.188 e. The Morgan fingerprint density at radius 1 is 1.13 bits per heavy atom. The Hall–Kier alpha value is -2.56. The lowest BCUT2D eigenvalue weighted by Gasteiger charge is -2.06. The maximum absolute atomic E-state index is 13.1. The molecule has 0 amide bonds. The second-order valence-corrected chi connectivity index (χ2v) is 5.17. The van der Waals surface area contributed by atoms with Gasteiger partial charge < -0.3 is 15.8 Å². The van der Waals surface area contributed by atoms with Gasteiger partial charge in [-0.05, 0) is 48.2 Å². The molecule has 122 valence electrons. The van der Waals surface area contributed by atoms with Crippen LogP contribution >= 0.6 is 0 Å². The Morgan fingerprint density at radius 3 is 2.61 bits per heavy atom. The quantitative estimate of drug-likeness (QED) is 0.610. The van der Waals surface area contributed by atoms with Gasteiger partial charge >= 0.3 is 0 Å². The first-order valence-electron chi connectivity index (χ1n) is 7.58. The minimum Gasteiger partial charge on any atom is -0.497 e. The summed E-state index contributed by atoms with van der Waals surface area (Å²) >= 11 is 0. The van der Waals surface area contributed by atoms with Crippen LogP contribution < -0.4 is 15.8 Å². The summed E-state index contributed by atoms with van der Waals surface area (Å²) in [6.07, 6.45) is 1.52. The standard InChI is InChI=1S/C18H22FN3O/c1-23-17-7-5-14(6-8-17)9-11-21-18(20)22-12-10-15-3-2-4-16(19)13-15/h2-8,13H,9-12H2,1H3,(H3,20,21,22). The van der Waals surface area contributed by atoms with Crippen molar-refractivity contribution in [3.8, 4) is 5.75 Å². The van der Waals surface area contributed by atoms with E-state index in [1.165, 1.54) is 17.7 Å². The fraction of sp³-hybridized carbons (Fsp3) is 0.278. The Labute approximate surface area is 136 Å². The summed E-state index contributed by atoms with van der Waals surface area (Å²) in [7, 11) is 1.65. The normalized spacial score (nSPS) is 11.3. The van der Waals surface area contributed by atoms with Gasteiger partial charge in [0.15, 0.2) is 5.96 Å². The summed E-state index contributed by atoms with van der Waals surface area (Å²) < 4.78 is 18.2. The van der Waals surface area contributed by atoms with Crippen molar-refractivity contribution in [3.63, 3.8) is 0 Å². The fourth-order valence-corrected chi connectivity index (χ4v) is 2.18. The number of rotatable bonds is 7. The highest BCUT2D eigenvalue weighted by molar-refractivity contribution is 5.77. The van der Waals surface area contributed by atoms with Crippen LogP contribution in [-0.4, -0.2) is 26.2 Å². The fourth-order valence-electron chi connectivity index (χ4n) is 2.18. The Bertz CT molecular complexity index is 641. The van der Waals surface area contributed by atoms with E-state index in [9.17, 15) is 4.39 Å². The van der Waals surface area contributed by atoms with E-state index < -0.39 is 0 Å². The van der Waals surface area contributed by atoms with Crippen LogP contribution in [0, 0.1) is 5.82 Å². The largest absolute Gasteiger partial charge is 0.497 e. The molecule has 0 aliphatic heterocycles. The van der Waals surface area contributed by atoms with Crippen LogP contribution in [0.4, 0.5) is 4.39 Å². The van der Waals surface area contributed by atoms with Crippen molar-refractivity contribution in [2.75, 3.05) is 20.2 Å². The van der Waals surface area contributed by atoms with E-state index in [4.69, 9.17) is 10.5 Å². The van der Waals surface area contributed by atoms with Gasteiger partial charge in [0, 0.05) is 13.1 Å². The van der Waals surface area contributed by atoms with Gasteiger partial charge in [-0.1, -0.05) is 24.3 Å². The second kappa shape index (κ2) is 8.78. The molecule has 23 heavy (non-hydrogen) atoms. The average molecular weight is 315 g/mol.